The number of carbonyl (C=O) groups is 1. The van der Waals surface area contributed by atoms with Crippen LogP contribution in [0.3, 0.4) is 0 Å². The summed E-state index contributed by atoms with van der Waals surface area (Å²) in [4.78, 5) is 15.8. The van der Waals surface area contributed by atoms with Crippen molar-refractivity contribution in [1.82, 2.24) is 10.3 Å². The lowest BCUT2D eigenvalue weighted by molar-refractivity contribution is -0.130. The van der Waals surface area contributed by atoms with Crippen molar-refractivity contribution in [3.63, 3.8) is 0 Å². The van der Waals surface area contributed by atoms with Crippen molar-refractivity contribution in [2.45, 2.75) is 26.1 Å². The van der Waals surface area contributed by atoms with E-state index in [4.69, 9.17) is 0 Å². The first kappa shape index (κ1) is 10.1. The van der Waals surface area contributed by atoms with Gasteiger partial charge in [0, 0.05) is 11.1 Å². The molecule has 0 unspecified atom stereocenters. The van der Waals surface area contributed by atoms with Crippen molar-refractivity contribution >= 4 is 17.2 Å². The third kappa shape index (κ3) is 3.10. The Morgan fingerprint density at radius 2 is 2.46 bits per heavy atom. The Morgan fingerprint density at radius 1 is 1.77 bits per heavy atom. The van der Waals surface area contributed by atoms with Crippen molar-refractivity contribution < 1.29 is 9.18 Å². The van der Waals surface area contributed by atoms with Crippen molar-refractivity contribution in [3.8, 4) is 0 Å². The molecule has 0 atom stereocenters. The van der Waals surface area contributed by atoms with Gasteiger partial charge in [0.25, 0.3) is 5.91 Å². The molecule has 0 aliphatic heterocycles. The lowest BCUT2D eigenvalue weighted by atomic mass is 10.1. The third-order valence-electron chi connectivity index (χ3n) is 1.45. The number of aromatic nitrogens is 1. The highest BCUT2D eigenvalue weighted by molar-refractivity contribution is 7.09. The largest absolute Gasteiger partial charge is 0.348 e. The molecule has 13 heavy (non-hydrogen) atoms. The highest BCUT2D eigenvalue weighted by Gasteiger charge is 2.25. The highest BCUT2D eigenvalue weighted by Crippen LogP contribution is 2.09. The summed E-state index contributed by atoms with van der Waals surface area (Å²) in [6.07, 6.45) is 1.65. The SMILES string of the molecule is CC(C)(F)C(=O)NCc1cncs1. The number of hydrogen-bond donors (Lipinski definition) is 1. The van der Waals surface area contributed by atoms with Crippen LogP contribution >= 0.6 is 11.3 Å². The van der Waals surface area contributed by atoms with Crippen molar-refractivity contribution in [2.24, 2.45) is 0 Å². The van der Waals surface area contributed by atoms with Crippen LogP contribution in [0, 0.1) is 0 Å². The number of thiazole rings is 1. The van der Waals surface area contributed by atoms with Gasteiger partial charge in [-0.05, 0) is 13.8 Å². The van der Waals surface area contributed by atoms with Gasteiger partial charge in [-0.2, -0.15) is 0 Å². The van der Waals surface area contributed by atoms with E-state index in [0.717, 1.165) is 4.88 Å². The van der Waals surface area contributed by atoms with Gasteiger partial charge in [-0.25, -0.2) is 4.39 Å². The molecule has 1 aromatic heterocycles. The first-order valence-electron chi connectivity index (χ1n) is 3.85. The summed E-state index contributed by atoms with van der Waals surface area (Å²) in [7, 11) is 0. The fraction of sp³-hybridized carbons (Fsp3) is 0.500. The zero-order valence-electron chi connectivity index (χ0n) is 7.50. The lowest BCUT2D eigenvalue weighted by Crippen LogP contribution is -2.38. The van der Waals surface area contributed by atoms with Gasteiger partial charge in [-0.1, -0.05) is 0 Å². The zero-order chi connectivity index (χ0) is 9.90. The quantitative estimate of drug-likeness (QED) is 0.807. The molecule has 0 aliphatic rings. The molecule has 1 aromatic rings. The first-order chi connectivity index (χ1) is 6.00. The van der Waals surface area contributed by atoms with Crippen LogP contribution in [0.15, 0.2) is 11.7 Å². The van der Waals surface area contributed by atoms with Gasteiger partial charge in [0.2, 0.25) is 0 Å². The molecule has 0 bridgehead atoms. The van der Waals surface area contributed by atoms with Crippen LogP contribution < -0.4 is 5.32 Å². The van der Waals surface area contributed by atoms with Gasteiger partial charge in [0.1, 0.15) is 0 Å². The molecule has 1 rings (SSSR count). The summed E-state index contributed by atoms with van der Waals surface area (Å²) in [5.74, 6) is -0.596. The van der Waals surface area contributed by atoms with Gasteiger partial charge in [-0.15, -0.1) is 11.3 Å². The van der Waals surface area contributed by atoms with Crippen LogP contribution in [0.25, 0.3) is 0 Å². The molecular formula is C8H11FN2OS. The average Bonchev–Trinajstić information content (AvgIpc) is 2.50. The van der Waals surface area contributed by atoms with Crippen LogP contribution in [-0.4, -0.2) is 16.6 Å². The second-order valence-electron chi connectivity index (χ2n) is 3.12. The summed E-state index contributed by atoms with van der Waals surface area (Å²) < 4.78 is 13.0. The van der Waals surface area contributed by atoms with Crippen LogP contribution in [0.2, 0.25) is 0 Å². The van der Waals surface area contributed by atoms with E-state index in [0.29, 0.717) is 6.54 Å². The van der Waals surface area contributed by atoms with E-state index in [9.17, 15) is 9.18 Å². The maximum absolute atomic E-state index is 13.0. The van der Waals surface area contributed by atoms with E-state index < -0.39 is 11.6 Å². The second kappa shape index (κ2) is 3.83. The third-order valence-corrected chi connectivity index (χ3v) is 2.23. The molecule has 0 spiro atoms. The Kier molecular flexibility index (Phi) is 2.98. The number of rotatable bonds is 3. The van der Waals surface area contributed by atoms with Crippen molar-refractivity contribution in [1.29, 1.82) is 0 Å². The minimum absolute atomic E-state index is 0.344. The fourth-order valence-electron chi connectivity index (χ4n) is 0.707. The summed E-state index contributed by atoms with van der Waals surface area (Å²) in [6.45, 7) is 2.81. The number of amides is 1. The number of hydrogen-bond acceptors (Lipinski definition) is 3. The molecular weight excluding hydrogens is 191 g/mol. The number of halogens is 1. The Bertz CT molecular complexity index is 279. The Hall–Kier alpha value is -0.970. The summed E-state index contributed by atoms with van der Waals surface area (Å²) in [6, 6.07) is 0. The van der Waals surface area contributed by atoms with E-state index >= 15 is 0 Å². The predicted molar refractivity (Wildman–Crippen MR) is 49.1 cm³/mol. The number of nitrogens with zero attached hydrogens (tertiary/aromatic N) is 1. The Morgan fingerprint density at radius 3 is 2.92 bits per heavy atom. The van der Waals surface area contributed by atoms with Gasteiger partial charge in [0.05, 0.1) is 12.1 Å². The number of nitrogens with one attached hydrogen (secondary N) is 1. The van der Waals surface area contributed by atoms with Crippen LogP contribution in [-0.2, 0) is 11.3 Å². The lowest BCUT2D eigenvalue weighted by Gasteiger charge is -2.12. The maximum atomic E-state index is 13.0. The molecule has 0 aliphatic carbocycles. The molecule has 0 fully saturated rings. The Labute approximate surface area is 80.0 Å². The van der Waals surface area contributed by atoms with Gasteiger partial charge in [0.15, 0.2) is 5.67 Å². The van der Waals surface area contributed by atoms with Crippen LogP contribution in [0.5, 0.6) is 0 Å². The van der Waals surface area contributed by atoms with E-state index in [-0.39, 0.29) is 0 Å². The molecule has 3 nitrogen and oxygen atoms in total. The molecule has 1 N–H and O–H groups in total. The second-order valence-corrected chi connectivity index (χ2v) is 4.09. The predicted octanol–water partition coefficient (Wildman–Crippen LogP) is 1.51. The van der Waals surface area contributed by atoms with Gasteiger partial charge >= 0.3 is 0 Å². The molecule has 72 valence electrons. The summed E-state index contributed by atoms with van der Waals surface area (Å²) in [5.41, 5.74) is -0.146. The molecule has 5 heteroatoms. The normalized spacial score (nSPS) is 11.3. The van der Waals surface area contributed by atoms with Crippen molar-refractivity contribution in [2.75, 3.05) is 0 Å². The fourth-order valence-corrected chi connectivity index (χ4v) is 1.24. The average molecular weight is 202 g/mol. The Balaban J connectivity index is 2.40. The van der Waals surface area contributed by atoms with Crippen molar-refractivity contribution in [3.05, 3.63) is 16.6 Å². The number of carbonyl (C=O) groups excluding carboxylic acids is 1. The summed E-state index contributed by atoms with van der Waals surface area (Å²) in [5, 5.41) is 2.48. The van der Waals surface area contributed by atoms with Gasteiger partial charge in [-0.3, -0.25) is 9.78 Å². The topological polar surface area (TPSA) is 42.0 Å². The molecule has 0 radical (unpaired) electrons. The van der Waals surface area contributed by atoms with Crippen LogP contribution in [0.4, 0.5) is 4.39 Å². The summed E-state index contributed by atoms with van der Waals surface area (Å²) >= 11 is 1.43. The first-order valence-corrected chi connectivity index (χ1v) is 4.72. The van der Waals surface area contributed by atoms with E-state index in [2.05, 4.69) is 10.3 Å². The molecule has 1 amide bonds. The maximum Gasteiger partial charge on any atom is 0.257 e. The minimum atomic E-state index is -1.81. The van der Waals surface area contributed by atoms with Gasteiger partial charge < -0.3 is 5.32 Å². The van der Waals surface area contributed by atoms with E-state index in [1.807, 2.05) is 0 Å². The molecule has 0 saturated carbocycles. The molecule has 0 aromatic carbocycles. The monoisotopic (exact) mass is 202 g/mol. The smallest absolute Gasteiger partial charge is 0.257 e. The van der Waals surface area contributed by atoms with E-state index in [1.54, 1.807) is 11.7 Å². The van der Waals surface area contributed by atoms with E-state index in [1.165, 1.54) is 25.2 Å². The zero-order valence-corrected chi connectivity index (χ0v) is 8.32. The van der Waals surface area contributed by atoms with Crippen LogP contribution in [0.1, 0.15) is 18.7 Å². The minimum Gasteiger partial charge on any atom is -0.348 e. The highest BCUT2D eigenvalue weighted by atomic mass is 32.1. The molecule has 1 heterocycles. The molecule has 0 saturated heterocycles. The number of alkyl halides is 1. The standard InChI is InChI=1S/C8H11FN2OS/c1-8(2,9)7(12)11-4-6-3-10-5-13-6/h3,5H,4H2,1-2H3,(H,11,12).